The van der Waals surface area contributed by atoms with E-state index < -0.39 is 0 Å². The van der Waals surface area contributed by atoms with Crippen molar-refractivity contribution in [1.29, 1.82) is 0 Å². The van der Waals surface area contributed by atoms with Gasteiger partial charge in [-0.05, 0) is 69.2 Å². The minimum absolute atomic E-state index is 0.312. The van der Waals surface area contributed by atoms with Crippen molar-refractivity contribution in [2.45, 2.75) is 33.2 Å². The molecule has 0 saturated carbocycles. The number of nitrogens with zero attached hydrogens (tertiary/aromatic N) is 3. The van der Waals surface area contributed by atoms with Gasteiger partial charge in [0.1, 0.15) is 0 Å². The van der Waals surface area contributed by atoms with Crippen LogP contribution in [0, 0.1) is 17.1 Å². The fourth-order valence-electron chi connectivity index (χ4n) is 2.99. The summed E-state index contributed by atoms with van der Waals surface area (Å²) in [6, 6.07) is 2.12. The molecular formula is C15H22N4S. The highest BCUT2D eigenvalue weighted by Gasteiger charge is 2.30. The van der Waals surface area contributed by atoms with E-state index in [9.17, 15) is 0 Å². The number of pyridine rings is 1. The lowest BCUT2D eigenvalue weighted by molar-refractivity contribution is 0.121. The number of likely N-dealkylation sites (tertiary alicyclic amines) is 1. The molecule has 1 fully saturated rings. The van der Waals surface area contributed by atoms with Crippen LogP contribution >= 0.6 is 12.2 Å². The van der Waals surface area contributed by atoms with Gasteiger partial charge in [0.25, 0.3) is 0 Å². The third kappa shape index (κ3) is 2.52. The molecule has 1 N–H and O–H groups in total. The smallest absolute Gasteiger partial charge is 0.179 e. The van der Waals surface area contributed by atoms with Crippen molar-refractivity contribution in [1.82, 2.24) is 19.4 Å². The van der Waals surface area contributed by atoms with Crippen LogP contribution in [0.2, 0.25) is 0 Å². The summed E-state index contributed by atoms with van der Waals surface area (Å²) in [5.74, 6) is 0. The molecule has 20 heavy (non-hydrogen) atoms. The molecule has 1 aliphatic rings. The van der Waals surface area contributed by atoms with Crippen LogP contribution in [0.1, 0.15) is 25.3 Å². The largest absolute Gasteiger partial charge is 0.329 e. The predicted molar refractivity (Wildman–Crippen MR) is 84.5 cm³/mol. The third-order valence-corrected chi connectivity index (χ3v) is 4.80. The minimum Gasteiger partial charge on any atom is -0.329 e. The van der Waals surface area contributed by atoms with E-state index in [1.54, 1.807) is 0 Å². The van der Waals surface area contributed by atoms with E-state index in [1.807, 2.05) is 6.20 Å². The molecule has 3 rings (SSSR count). The van der Waals surface area contributed by atoms with Crippen LogP contribution in [0.25, 0.3) is 11.2 Å². The van der Waals surface area contributed by atoms with Crippen molar-refractivity contribution in [3.63, 3.8) is 0 Å². The molecule has 0 radical (unpaired) electrons. The SMILES string of the molecule is Cc1cnc2c(c1)[nH]c(=S)n2CC1(C)CCN(C)CC1. The molecule has 0 unspecified atom stereocenters. The molecule has 0 spiro atoms. The zero-order valence-electron chi connectivity index (χ0n) is 12.4. The van der Waals surface area contributed by atoms with Gasteiger partial charge in [0, 0.05) is 12.7 Å². The molecule has 2 aromatic rings. The van der Waals surface area contributed by atoms with E-state index >= 15 is 0 Å². The average Bonchev–Trinajstić information content (AvgIpc) is 2.69. The van der Waals surface area contributed by atoms with Gasteiger partial charge >= 0.3 is 0 Å². The maximum absolute atomic E-state index is 5.49. The summed E-state index contributed by atoms with van der Waals surface area (Å²) in [5, 5.41) is 0. The third-order valence-electron chi connectivity index (χ3n) is 4.48. The second kappa shape index (κ2) is 4.97. The first kappa shape index (κ1) is 13.8. The molecule has 5 heteroatoms. The fraction of sp³-hybridized carbons (Fsp3) is 0.600. The zero-order chi connectivity index (χ0) is 14.3. The fourth-order valence-corrected chi connectivity index (χ4v) is 3.25. The summed E-state index contributed by atoms with van der Waals surface area (Å²) >= 11 is 5.49. The Morgan fingerprint density at radius 1 is 1.40 bits per heavy atom. The maximum atomic E-state index is 5.49. The lowest BCUT2D eigenvalue weighted by Gasteiger charge is -2.38. The summed E-state index contributed by atoms with van der Waals surface area (Å²) in [4.78, 5) is 10.3. The Hall–Kier alpha value is -1.20. The molecule has 1 aliphatic heterocycles. The first-order chi connectivity index (χ1) is 9.47. The number of rotatable bonds is 2. The first-order valence-corrected chi connectivity index (χ1v) is 7.61. The van der Waals surface area contributed by atoms with Gasteiger partial charge in [0.15, 0.2) is 10.4 Å². The number of aromatic nitrogens is 3. The van der Waals surface area contributed by atoms with Crippen molar-refractivity contribution in [3.05, 3.63) is 22.6 Å². The number of imidazole rings is 1. The number of aryl methyl sites for hydroxylation is 1. The number of hydrogen-bond donors (Lipinski definition) is 1. The lowest BCUT2D eigenvalue weighted by Crippen LogP contribution is -2.38. The molecule has 3 heterocycles. The van der Waals surface area contributed by atoms with Gasteiger partial charge in [0.05, 0.1) is 5.52 Å². The number of fused-ring (bicyclic) bond motifs is 1. The second-order valence-electron chi connectivity index (χ2n) is 6.51. The van der Waals surface area contributed by atoms with E-state index in [0.29, 0.717) is 5.41 Å². The van der Waals surface area contributed by atoms with E-state index in [2.05, 4.69) is 46.4 Å². The van der Waals surface area contributed by atoms with Crippen molar-refractivity contribution >= 4 is 23.4 Å². The number of hydrogen-bond acceptors (Lipinski definition) is 3. The van der Waals surface area contributed by atoms with Gasteiger partial charge in [-0.15, -0.1) is 0 Å². The van der Waals surface area contributed by atoms with Gasteiger partial charge in [-0.25, -0.2) is 4.98 Å². The molecule has 108 valence electrons. The van der Waals surface area contributed by atoms with Gasteiger partial charge in [0.2, 0.25) is 0 Å². The van der Waals surface area contributed by atoms with Crippen LogP contribution in [0.4, 0.5) is 0 Å². The molecule has 1 saturated heterocycles. The quantitative estimate of drug-likeness (QED) is 0.863. The zero-order valence-corrected chi connectivity index (χ0v) is 13.3. The average molecular weight is 290 g/mol. The Morgan fingerprint density at radius 3 is 2.80 bits per heavy atom. The Bertz CT molecular complexity index is 677. The summed E-state index contributed by atoms with van der Waals surface area (Å²) in [6.07, 6.45) is 4.34. The standard InChI is InChI=1S/C15H22N4S/c1-11-8-12-13(16-9-11)19(14(20)17-12)10-15(2)4-6-18(3)7-5-15/h8-9H,4-7,10H2,1-3H3,(H,17,20). The van der Waals surface area contributed by atoms with Gasteiger partial charge in [-0.1, -0.05) is 6.92 Å². The van der Waals surface area contributed by atoms with Crippen LogP contribution in [-0.4, -0.2) is 39.6 Å². The topological polar surface area (TPSA) is 36.9 Å². The summed E-state index contributed by atoms with van der Waals surface area (Å²) in [6.45, 7) is 7.71. The molecule has 2 aromatic heterocycles. The number of aromatic amines is 1. The van der Waals surface area contributed by atoms with Gasteiger partial charge in [-0.2, -0.15) is 0 Å². The molecular weight excluding hydrogens is 268 g/mol. The summed E-state index contributed by atoms with van der Waals surface area (Å²) < 4.78 is 2.97. The lowest BCUT2D eigenvalue weighted by atomic mass is 9.80. The molecule has 0 aliphatic carbocycles. The Labute approximate surface area is 124 Å². The molecule has 0 atom stereocenters. The van der Waals surface area contributed by atoms with Crippen molar-refractivity contribution in [2.75, 3.05) is 20.1 Å². The highest BCUT2D eigenvalue weighted by molar-refractivity contribution is 7.71. The van der Waals surface area contributed by atoms with E-state index in [4.69, 9.17) is 12.2 Å². The second-order valence-corrected chi connectivity index (χ2v) is 6.90. The highest BCUT2D eigenvalue weighted by Crippen LogP contribution is 2.33. The first-order valence-electron chi connectivity index (χ1n) is 7.21. The highest BCUT2D eigenvalue weighted by atomic mass is 32.1. The number of piperidine rings is 1. The van der Waals surface area contributed by atoms with E-state index in [0.717, 1.165) is 28.0 Å². The summed E-state index contributed by atoms with van der Waals surface area (Å²) in [5.41, 5.74) is 3.51. The van der Waals surface area contributed by atoms with Crippen LogP contribution in [0.5, 0.6) is 0 Å². The molecule has 0 bridgehead atoms. The molecule has 4 nitrogen and oxygen atoms in total. The minimum atomic E-state index is 0.312. The maximum Gasteiger partial charge on any atom is 0.179 e. The van der Waals surface area contributed by atoms with Crippen LogP contribution in [0.15, 0.2) is 12.3 Å². The normalized spacial score (nSPS) is 19.6. The van der Waals surface area contributed by atoms with Crippen LogP contribution in [0.3, 0.4) is 0 Å². The Kier molecular flexibility index (Phi) is 3.42. The van der Waals surface area contributed by atoms with Crippen LogP contribution < -0.4 is 0 Å². The molecule has 0 aromatic carbocycles. The van der Waals surface area contributed by atoms with E-state index in [-0.39, 0.29) is 0 Å². The van der Waals surface area contributed by atoms with Crippen molar-refractivity contribution in [3.8, 4) is 0 Å². The van der Waals surface area contributed by atoms with Gasteiger partial charge in [-0.3, -0.25) is 0 Å². The van der Waals surface area contributed by atoms with Crippen molar-refractivity contribution < 1.29 is 0 Å². The predicted octanol–water partition coefficient (Wildman–Crippen LogP) is 3.13. The summed E-state index contributed by atoms with van der Waals surface area (Å²) in [7, 11) is 2.20. The van der Waals surface area contributed by atoms with Gasteiger partial charge < -0.3 is 14.5 Å². The monoisotopic (exact) mass is 290 g/mol. The Balaban J connectivity index is 1.95. The number of nitrogens with one attached hydrogen (secondary N) is 1. The van der Waals surface area contributed by atoms with Crippen molar-refractivity contribution in [2.24, 2.45) is 5.41 Å². The van der Waals surface area contributed by atoms with Crippen LogP contribution in [-0.2, 0) is 6.54 Å². The Morgan fingerprint density at radius 2 is 2.10 bits per heavy atom. The number of H-pyrrole nitrogens is 1. The molecule has 0 amide bonds. The van der Waals surface area contributed by atoms with E-state index in [1.165, 1.54) is 25.9 Å².